The van der Waals surface area contributed by atoms with Gasteiger partial charge in [0.05, 0.1) is 16.7 Å². The predicted molar refractivity (Wildman–Crippen MR) is 111 cm³/mol. The van der Waals surface area contributed by atoms with Crippen molar-refractivity contribution in [3.05, 3.63) is 105 Å². The molecule has 0 spiro atoms. The van der Waals surface area contributed by atoms with Crippen molar-refractivity contribution in [2.24, 2.45) is 5.10 Å². The molecule has 0 aliphatic rings. The Morgan fingerprint density at radius 2 is 1.60 bits per heavy atom. The van der Waals surface area contributed by atoms with Gasteiger partial charge in [-0.05, 0) is 48.5 Å². The van der Waals surface area contributed by atoms with Crippen LogP contribution in [0.4, 0.5) is 5.69 Å². The molecule has 0 atom stereocenters. The summed E-state index contributed by atoms with van der Waals surface area (Å²) in [5, 5.41) is 15.0. The van der Waals surface area contributed by atoms with Crippen molar-refractivity contribution < 1.29 is 19.2 Å². The summed E-state index contributed by atoms with van der Waals surface area (Å²) in [6.07, 6.45) is 1.33. The number of halogens is 1. The fourth-order valence-corrected chi connectivity index (χ4v) is 2.51. The van der Waals surface area contributed by atoms with Crippen molar-refractivity contribution in [1.82, 2.24) is 5.43 Å². The largest absolute Gasteiger partial charge is 0.422 e. The highest BCUT2D eigenvalue weighted by atomic mass is 35.5. The molecule has 0 aliphatic heterocycles. The van der Waals surface area contributed by atoms with Crippen LogP contribution in [-0.4, -0.2) is 23.0 Å². The van der Waals surface area contributed by atoms with Gasteiger partial charge < -0.3 is 4.74 Å². The summed E-state index contributed by atoms with van der Waals surface area (Å²) in [6, 6.07) is 18.0. The van der Waals surface area contributed by atoms with Crippen LogP contribution in [-0.2, 0) is 0 Å². The van der Waals surface area contributed by atoms with E-state index in [2.05, 4.69) is 10.5 Å². The summed E-state index contributed by atoms with van der Waals surface area (Å²) < 4.78 is 5.40. The van der Waals surface area contributed by atoms with E-state index in [1.165, 1.54) is 30.5 Å². The highest BCUT2D eigenvalue weighted by molar-refractivity contribution is 6.30. The van der Waals surface area contributed by atoms with Gasteiger partial charge in [-0.1, -0.05) is 23.7 Å². The molecule has 9 heteroatoms. The Bertz CT molecular complexity index is 1110. The fourth-order valence-electron chi connectivity index (χ4n) is 2.38. The van der Waals surface area contributed by atoms with Crippen molar-refractivity contribution in [3.63, 3.8) is 0 Å². The van der Waals surface area contributed by atoms with Crippen LogP contribution in [0.25, 0.3) is 0 Å². The number of nitrogens with one attached hydrogen (secondary N) is 1. The number of hydrogen-bond acceptors (Lipinski definition) is 6. The number of nitro benzene ring substituents is 1. The number of esters is 1. The Labute approximate surface area is 175 Å². The number of carbonyl (C=O) groups is 2. The van der Waals surface area contributed by atoms with Gasteiger partial charge in [-0.3, -0.25) is 14.9 Å². The lowest BCUT2D eigenvalue weighted by molar-refractivity contribution is -0.384. The average molecular weight is 424 g/mol. The van der Waals surface area contributed by atoms with Gasteiger partial charge in [0.15, 0.2) is 0 Å². The summed E-state index contributed by atoms with van der Waals surface area (Å²) >= 11 is 5.82. The number of ether oxygens (including phenoxy) is 1. The Morgan fingerprint density at radius 3 is 2.27 bits per heavy atom. The quantitative estimate of drug-likeness (QED) is 0.210. The molecule has 0 saturated heterocycles. The van der Waals surface area contributed by atoms with Crippen LogP contribution < -0.4 is 10.2 Å². The Kier molecular flexibility index (Phi) is 6.51. The molecule has 1 amide bonds. The number of non-ortho nitro benzene ring substituents is 1. The van der Waals surface area contributed by atoms with Crippen LogP contribution >= 0.6 is 11.6 Å². The standard InChI is InChI=1S/C21H14ClN3O5/c22-17-9-5-15(6-10-17)21(27)30-19-4-2-1-3-16(19)13-23-24-20(26)14-7-11-18(12-8-14)25(28)29/h1-13H,(H,24,26)/b23-13-. The van der Waals surface area contributed by atoms with Gasteiger partial charge >= 0.3 is 5.97 Å². The van der Waals surface area contributed by atoms with Crippen LogP contribution in [0.2, 0.25) is 5.02 Å². The predicted octanol–water partition coefficient (Wildman–Crippen LogP) is 4.23. The van der Waals surface area contributed by atoms with E-state index in [-0.39, 0.29) is 17.0 Å². The summed E-state index contributed by atoms with van der Waals surface area (Å²) in [6.45, 7) is 0. The molecular weight excluding hydrogens is 410 g/mol. The van der Waals surface area contributed by atoms with E-state index in [1.807, 2.05) is 0 Å². The molecule has 0 aliphatic carbocycles. The molecule has 0 unspecified atom stereocenters. The van der Waals surface area contributed by atoms with Gasteiger partial charge in [-0.25, -0.2) is 10.2 Å². The maximum absolute atomic E-state index is 12.3. The monoisotopic (exact) mass is 423 g/mol. The van der Waals surface area contributed by atoms with Crippen molar-refractivity contribution in [2.75, 3.05) is 0 Å². The first-order valence-electron chi connectivity index (χ1n) is 8.58. The van der Waals surface area contributed by atoms with E-state index in [4.69, 9.17) is 16.3 Å². The molecule has 150 valence electrons. The zero-order chi connectivity index (χ0) is 21.5. The van der Waals surface area contributed by atoms with Crippen molar-refractivity contribution in [1.29, 1.82) is 0 Å². The Morgan fingerprint density at radius 1 is 0.967 bits per heavy atom. The molecule has 0 fully saturated rings. The van der Waals surface area contributed by atoms with Crippen molar-refractivity contribution in [3.8, 4) is 5.75 Å². The van der Waals surface area contributed by atoms with Crippen LogP contribution in [0.3, 0.4) is 0 Å². The second-order valence-electron chi connectivity index (χ2n) is 5.94. The molecule has 8 nitrogen and oxygen atoms in total. The second kappa shape index (κ2) is 9.44. The first-order chi connectivity index (χ1) is 14.4. The van der Waals surface area contributed by atoms with Gasteiger partial charge in [-0.15, -0.1) is 0 Å². The molecule has 0 saturated carbocycles. The van der Waals surface area contributed by atoms with E-state index in [0.717, 1.165) is 0 Å². The highest BCUT2D eigenvalue weighted by Crippen LogP contribution is 2.18. The average Bonchev–Trinajstić information content (AvgIpc) is 2.75. The normalized spacial score (nSPS) is 10.6. The zero-order valence-corrected chi connectivity index (χ0v) is 16.1. The number of amides is 1. The molecule has 3 rings (SSSR count). The minimum Gasteiger partial charge on any atom is -0.422 e. The van der Waals surface area contributed by atoms with E-state index in [1.54, 1.807) is 48.5 Å². The number of nitrogens with zero attached hydrogens (tertiary/aromatic N) is 2. The molecule has 0 aromatic heterocycles. The SMILES string of the molecule is O=C(N/N=C\c1ccccc1OC(=O)c1ccc(Cl)cc1)c1ccc([N+](=O)[O-])cc1. The topological polar surface area (TPSA) is 111 Å². The maximum atomic E-state index is 12.3. The number of para-hydroxylation sites is 1. The van der Waals surface area contributed by atoms with Crippen LogP contribution in [0.1, 0.15) is 26.3 Å². The van der Waals surface area contributed by atoms with Crippen LogP contribution in [0.5, 0.6) is 5.75 Å². The number of hydrazone groups is 1. The highest BCUT2D eigenvalue weighted by Gasteiger charge is 2.11. The number of nitro groups is 1. The van der Waals surface area contributed by atoms with Crippen LogP contribution in [0.15, 0.2) is 77.9 Å². The van der Waals surface area contributed by atoms with E-state index < -0.39 is 16.8 Å². The molecule has 3 aromatic carbocycles. The van der Waals surface area contributed by atoms with E-state index >= 15 is 0 Å². The Balaban J connectivity index is 1.67. The molecule has 3 aromatic rings. The lowest BCUT2D eigenvalue weighted by atomic mass is 10.2. The minimum absolute atomic E-state index is 0.119. The van der Waals surface area contributed by atoms with Crippen LogP contribution in [0, 0.1) is 10.1 Å². The number of carbonyl (C=O) groups excluding carboxylic acids is 2. The van der Waals surface area contributed by atoms with Gasteiger partial charge in [0.1, 0.15) is 5.75 Å². The maximum Gasteiger partial charge on any atom is 0.343 e. The van der Waals surface area contributed by atoms with Crippen molar-refractivity contribution >= 4 is 35.4 Å². The number of benzene rings is 3. The summed E-state index contributed by atoms with van der Waals surface area (Å²) in [5.74, 6) is -0.856. The fraction of sp³-hybridized carbons (Fsp3) is 0. The summed E-state index contributed by atoms with van der Waals surface area (Å²) in [5.41, 5.74) is 3.20. The summed E-state index contributed by atoms with van der Waals surface area (Å²) in [4.78, 5) is 34.5. The number of hydrogen-bond donors (Lipinski definition) is 1. The molecule has 0 heterocycles. The van der Waals surface area contributed by atoms with Crippen molar-refractivity contribution in [2.45, 2.75) is 0 Å². The third kappa shape index (κ3) is 5.27. The van der Waals surface area contributed by atoms with Gasteiger partial charge in [0, 0.05) is 28.3 Å². The third-order valence-electron chi connectivity index (χ3n) is 3.91. The first-order valence-corrected chi connectivity index (χ1v) is 8.96. The third-order valence-corrected chi connectivity index (χ3v) is 4.16. The van der Waals surface area contributed by atoms with Gasteiger partial charge in [-0.2, -0.15) is 5.10 Å². The lowest BCUT2D eigenvalue weighted by Crippen LogP contribution is -2.17. The lowest BCUT2D eigenvalue weighted by Gasteiger charge is -2.07. The van der Waals surface area contributed by atoms with Gasteiger partial charge in [0.25, 0.3) is 11.6 Å². The van der Waals surface area contributed by atoms with E-state index in [9.17, 15) is 19.7 Å². The molecule has 0 bridgehead atoms. The molecule has 1 N–H and O–H groups in total. The molecular formula is C21H14ClN3O5. The molecule has 30 heavy (non-hydrogen) atoms. The Hall–Kier alpha value is -4.04. The summed E-state index contributed by atoms with van der Waals surface area (Å²) in [7, 11) is 0. The van der Waals surface area contributed by atoms with Gasteiger partial charge in [0.2, 0.25) is 0 Å². The van der Waals surface area contributed by atoms with E-state index in [0.29, 0.717) is 16.1 Å². The first kappa shape index (κ1) is 20.7. The minimum atomic E-state index is -0.567. The smallest absolute Gasteiger partial charge is 0.343 e. The molecule has 0 radical (unpaired) electrons. The number of rotatable bonds is 6. The zero-order valence-electron chi connectivity index (χ0n) is 15.3. The second-order valence-corrected chi connectivity index (χ2v) is 6.37.